The number of nitrogens with zero attached hydrogens (tertiary/aromatic N) is 1. The molecule has 0 spiro atoms. The summed E-state index contributed by atoms with van der Waals surface area (Å²) in [5.41, 5.74) is -1.10. The number of hydrogen-bond acceptors (Lipinski definition) is 6. The quantitative estimate of drug-likeness (QED) is 0.268. The van der Waals surface area contributed by atoms with Gasteiger partial charge in [0.15, 0.2) is 0 Å². The zero-order valence-electron chi connectivity index (χ0n) is 15.2. The lowest BCUT2D eigenvalue weighted by atomic mass is 9.97. The second-order valence-electron chi connectivity index (χ2n) is 6.62. The summed E-state index contributed by atoms with van der Waals surface area (Å²) in [4.78, 5) is 35.7. The van der Waals surface area contributed by atoms with Crippen molar-refractivity contribution in [2.45, 2.75) is 33.3 Å². The normalized spacial score (nSPS) is 11.6. The topological polar surface area (TPSA) is 99.7 Å². The highest BCUT2D eigenvalue weighted by Gasteiger charge is 2.30. The van der Waals surface area contributed by atoms with Crippen LogP contribution in [0.4, 0.5) is 5.69 Å². The van der Waals surface area contributed by atoms with E-state index in [0.29, 0.717) is 9.13 Å². The van der Waals surface area contributed by atoms with Gasteiger partial charge in [0.1, 0.15) is 5.60 Å². The first-order chi connectivity index (χ1) is 12.5. The summed E-state index contributed by atoms with van der Waals surface area (Å²) in [5.74, 6) is -1.23. The molecule has 1 aromatic heterocycles. The molecule has 0 N–H and O–H groups in total. The molecular formula is C19H18INO6. The number of rotatable bonds is 4. The molecule has 2 aromatic rings. The van der Waals surface area contributed by atoms with Gasteiger partial charge in [-0.1, -0.05) is 18.2 Å². The molecule has 0 fully saturated rings. The molecule has 7 nitrogen and oxygen atoms in total. The van der Waals surface area contributed by atoms with Crippen molar-refractivity contribution in [3.05, 3.63) is 65.8 Å². The molecule has 8 heteroatoms. The fraction of sp³-hybridized carbons (Fsp3) is 0.263. The molecule has 1 aromatic carbocycles. The summed E-state index contributed by atoms with van der Waals surface area (Å²) in [6.45, 7) is 6.75. The van der Waals surface area contributed by atoms with Crippen LogP contribution in [-0.2, 0) is 4.74 Å². The molecular weight excluding hydrogens is 465 g/mol. The van der Waals surface area contributed by atoms with Gasteiger partial charge in [-0.05, 0) is 61.9 Å². The number of nitro groups is 1. The number of esters is 1. The Bertz CT molecular complexity index is 985. The van der Waals surface area contributed by atoms with Crippen molar-refractivity contribution in [3.8, 4) is 11.1 Å². The number of carbonyl (C=O) groups excluding carboxylic acids is 1. The smallest absolute Gasteiger partial charge is 0.375 e. The second-order valence-corrected chi connectivity index (χ2v) is 7.78. The van der Waals surface area contributed by atoms with E-state index in [1.165, 1.54) is 12.1 Å². The van der Waals surface area contributed by atoms with Crippen LogP contribution in [0.25, 0.3) is 17.2 Å². The monoisotopic (exact) mass is 483 g/mol. The van der Waals surface area contributed by atoms with Gasteiger partial charge in [-0.15, -0.1) is 0 Å². The number of ether oxygens (including phenoxy) is 1. The van der Waals surface area contributed by atoms with E-state index in [-0.39, 0.29) is 22.6 Å². The third-order valence-corrected chi connectivity index (χ3v) is 4.26. The molecule has 142 valence electrons. The Balaban J connectivity index is 2.93. The van der Waals surface area contributed by atoms with Crippen LogP contribution in [0.5, 0.6) is 0 Å². The van der Waals surface area contributed by atoms with E-state index in [1.807, 2.05) is 22.6 Å². The molecule has 0 bridgehead atoms. The summed E-state index contributed by atoms with van der Waals surface area (Å²) < 4.78 is 11.0. The van der Waals surface area contributed by atoms with Crippen molar-refractivity contribution in [2.75, 3.05) is 0 Å². The Morgan fingerprint density at radius 2 is 1.96 bits per heavy atom. The lowest BCUT2D eigenvalue weighted by molar-refractivity contribution is -0.384. The van der Waals surface area contributed by atoms with E-state index in [0.717, 1.165) is 0 Å². The molecule has 0 saturated carbocycles. The molecule has 2 rings (SSSR count). The minimum atomic E-state index is -0.866. The maximum atomic E-state index is 12.7. The van der Waals surface area contributed by atoms with Crippen molar-refractivity contribution in [3.63, 3.8) is 0 Å². The van der Waals surface area contributed by atoms with Gasteiger partial charge in [-0.25, -0.2) is 9.59 Å². The van der Waals surface area contributed by atoms with Gasteiger partial charge in [0.2, 0.25) is 5.76 Å². The molecule has 1 heterocycles. The SMILES string of the molecule is C/C=C/c1cc(=O)oc(C(=O)OC(C)(C)C)c1-c1c(I)cccc1[N+](=O)[O-]. The summed E-state index contributed by atoms with van der Waals surface area (Å²) >= 11 is 1.94. The van der Waals surface area contributed by atoms with Gasteiger partial charge in [0.25, 0.3) is 5.69 Å². The van der Waals surface area contributed by atoms with Crippen molar-refractivity contribution in [1.29, 1.82) is 0 Å². The average Bonchev–Trinajstić information content (AvgIpc) is 2.53. The van der Waals surface area contributed by atoms with E-state index in [1.54, 1.807) is 52.0 Å². The van der Waals surface area contributed by atoms with Crippen LogP contribution in [0.1, 0.15) is 43.8 Å². The summed E-state index contributed by atoms with van der Waals surface area (Å²) in [5, 5.41) is 11.6. The van der Waals surface area contributed by atoms with Gasteiger partial charge in [-0.2, -0.15) is 0 Å². The van der Waals surface area contributed by atoms with Crippen LogP contribution < -0.4 is 5.63 Å². The zero-order valence-corrected chi connectivity index (χ0v) is 17.4. The number of halogens is 1. The Hall–Kier alpha value is -2.49. The van der Waals surface area contributed by atoms with Crippen molar-refractivity contribution < 1.29 is 18.9 Å². The van der Waals surface area contributed by atoms with Gasteiger partial charge < -0.3 is 9.15 Å². The predicted octanol–water partition coefficient (Wildman–Crippen LogP) is 4.81. The molecule has 0 amide bonds. The predicted molar refractivity (Wildman–Crippen MR) is 110 cm³/mol. The van der Waals surface area contributed by atoms with Crippen molar-refractivity contribution in [1.82, 2.24) is 0 Å². The molecule has 0 aliphatic rings. The van der Waals surface area contributed by atoms with Gasteiger partial charge in [0.05, 0.1) is 10.5 Å². The zero-order chi connectivity index (χ0) is 20.4. The molecule has 0 radical (unpaired) electrons. The Morgan fingerprint density at radius 3 is 2.52 bits per heavy atom. The fourth-order valence-corrected chi connectivity index (χ4v) is 3.21. The van der Waals surface area contributed by atoms with E-state index >= 15 is 0 Å². The largest absolute Gasteiger partial charge is 0.454 e. The minimum absolute atomic E-state index is 0.152. The average molecular weight is 483 g/mol. The lowest BCUT2D eigenvalue weighted by Gasteiger charge is -2.20. The Morgan fingerprint density at radius 1 is 1.30 bits per heavy atom. The molecule has 0 unspecified atom stereocenters. The highest BCUT2D eigenvalue weighted by molar-refractivity contribution is 14.1. The third kappa shape index (κ3) is 4.82. The fourth-order valence-electron chi connectivity index (χ4n) is 2.46. The van der Waals surface area contributed by atoms with E-state index < -0.39 is 22.1 Å². The summed E-state index contributed by atoms with van der Waals surface area (Å²) in [6, 6.07) is 5.74. The van der Waals surface area contributed by atoms with E-state index in [2.05, 4.69) is 0 Å². The molecule has 27 heavy (non-hydrogen) atoms. The first-order valence-electron chi connectivity index (χ1n) is 8.02. The van der Waals surface area contributed by atoms with Gasteiger partial charge >= 0.3 is 11.6 Å². The highest BCUT2D eigenvalue weighted by Crippen LogP contribution is 2.38. The highest BCUT2D eigenvalue weighted by atomic mass is 127. The number of allylic oxidation sites excluding steroid dienone is 1. The molecule has 0 aliphatic heterocycles. The standard InChI is InChI=1S/C19H18INO6/c1-5-7-11-10-14(22)26-17(18(23)27-19(2,3)4)15(11)16-12(20)8-6-9-13(16)21(24)25/h5-10H,1-4H3/b7-5+. The molecule has 0 aliphatic carbocycles. The summed E-state index contributed by atoms with van der Waals surface area (Å²) in [7, 11) is 0. The number of carbonyl (C=O) groups is 1. The first-order valence-corrected chi connectivity index (χ1v) is 9.10. The van der Waals surface area contributed by atoms with E-state index in [9.17, 15) is 19.7 Å². The Kier molecular flexibility index (Phi) is 6.19. The summed E-state index contributed by atoms with van der Waals surface area (Å²) in [6.07, 6.45) is 3.26. The van der Waals surface area contributed by atoms with Crippen LogP contribution in [0.15, 0.2) is 39.6 Å². The molecule has 0 saturated heterocycles. The van der Waals surface area contributed by atoms with Crippen molar-refractivity contribution >= 4 is 40.3 Å². The molecule has 0 atom stereocenters. The Labute approximate surface area is 169 Å². The number of benzene rings is 1. The second kappa shape index (κ2) is 8.03. The lowest BCUT2D eigenvalue weighted by Crippen LogP contribution is -2.25. The maximum Gasteiger partial charge on any atom is 0.375 e. The number of hydrogen-bond donors (Lipinski definition) is 0. The maximum absolute atomic E-state index is 12.7. The first kappa shape index (κ1) is 20.8. The van der Waals surface area contributed by atoms with Crippen LogP contribution in [0.2, 0.25) is 0 Å². The van der Waals surface area contributed by atoms with Crippen molar-refractivity contribution in [2.24, 2.45) is 0 Å². The van der Waals surface area contributed by atoms with Crippen LogP contribution in [0, 0.1) is 13.7 Å². The van der Waals surface area contributed by atoms with Gasteiger partial charge in [0, 0.05) is 21.3 Å². The number of nitro benzene ring substituents is 1. The van der Waals surface area contributed by atoms with Crippen LogP contribution >= 0.6 is 22.6 Å². The third-order valence-electron chi connectivity index (χ3n) is 3.36. The van der Waals surface area contributed by atoms with Crippen LogP contribution in [-0.4, -0.2) is 16.5 Å². The minimum Gasteiger partial charge on any atom is -0.454 e. The van der Waals surface area contributed by atoms with Crippen LogP contribution in [0.3, 0.4) is 0 Å². The van der Waals surface area contributed by atoms with E-state index in [4.69, 9.17) is 9.15 Å². The van der Waals surface area contributed by atoms with Gasteiger partial charge in [-0.3, -0.25) is 10.1 Å².